The van der Waals surface area contributed by atoms with Crippen LogP contribution in [0.1, 0.15) is 27.7 Å². The second-order valence-corrected chi connectivity index (χ2v) is 4.62. The van der Waals surface area contributed by atoms with E-state index in [0.29, 0.717) is 0 Å². The Balaban J connectivity index is 3.01. The molecule has 86 valence electrons. The van der Waals surface area contributed by atoms with E-state index in [-0.39, 0.29) is 5.54 Å². The fourth-order valence-electron chi connectivity index (χ4n) is 1.47. The van der Waals surface area contributed by atoms with Gasteiger partial charge in [0.15, 0.2) is 0 Å². The van der Waals surface area contributed by atoms with Crippen LogP contribution in [0.15, 0.2) is 40.4 Å². The molecule has 0 heterocycles. The minimum Gasteiger partial charge on any atom is -0.265 e. The van der Waals surface area contributed by atoms with Crippen LogP contribution in [-0.4, -0.2) is 18.1 Å². The third kappa shape index (κ3) is 3.50. The van der Waals surface area contributed by atoms with Gasteiger partial charge in [-0.15, -0.1) is 0 Å². The number of nitrogens with zero attached hydrogens (tertiary/aromatic N) is 3. The van der Waals surface area contributed by atoms with Crippen molar-refractivity contribution >= 4 is 18.2 Å². The van der Waals surface area contributed by atoms with Crippen LogP contribution in [0.25, 0.3) is 0 Å². The number of hydrogen-bond donors (Lipinski definition) is 0. The van der Waals surface area contributed by atoms with Crippen molar-refractivity contribution in [2.24, 2.45) is 10.1 Å². The second kappa shape index (κ2) is 4.92. The molecule has 0 N–H and O–H groups in total. The van der Waals surface area contributed by atoms with Crippen LogP contribution < -0.4 is 5.01 Å². The smallest absolute Gasteiger partial charge is 0.122 e. The molecule has 0 amide bonds. The van der Waals surface area contributed by atoms with Crippen LogP contribution in [0.2, 0.25) is 0 Å². The molecule has 3 nitrogen and oxygen atoms in total. The van der Waals surface area contributed by atoms with Gasteiger partial charge in [-0.3, -0.25) is 4.99 Å². The summed E-state index contributed by atoms with van der Waals surface area (Å²) in [5.41, 5.74) is 0.866. The normalized spacial score (nSPS) is 12.4. The monoisotopic (exact) mass is 217 g/mol. The van der Waals surface area contributed by atoms with Crippen molar-refractivity contribution in [2.75, 3.05) is 5.01 Å². The Labute approximate surface area is 97.5 Å². The Morgan fingerprint density at radius 1 is 1.19 bits per heavy atom. The molecule has 0 aliphatic carbocycles. The molecule has 0 spiro atoms. The maximum absolute atomic E-state index is 4.57. The van der Waals surface area contributed by atoms with Gasteiger partial charge < -0.3 is 0 Å². The first-order chi connectivity index (χ1) is 7.44. The van der Waals surface area contributed by atoms with Gasteiger partial charge >= 0.3 is 0 Å². The van der Waals surface area contributed by atoms with E-state index in [4.69, 9.17) is 0 Å². The third-order valence-corrected chi connectivity index (χ3v) is 1.95. The molecule has 16 heavy (non-hydrogen) atoms. The van der Waals surface area contributed by atoms with E-state index in [0.717, 1.165) is 11.5 Å². The zero-order valence-corrected chi connectivity index (χ0v) is 10.4. The summed E-state index contributed by atoms with van der Waals surface area (Å²) in [6.45, 7) is 11.7. The summed E-state index contributed by atoms with van der Waals surface area (Å²) in [6, 6.07) is 9.88. The first kappa shape index (κ1) is 12.4. The van der Waals surface area contributed by atoms with Crippen LogP contribution >= 0.6 is 0 Å². The zero-order valence-electron chi connectivity index (χ0n) is 10.4. The summed E-state index contributed by atoms with van der Waals surface area (Å²) in [5, 5.41) is 5.74. The maximum Gasteiger partial charge on any atom is 0.122 e. The summed E-state index contributed by atoms with van der Waals surface area (Å²) in [7, 11) is 0. The predicted octanol–water partition coefficient (Wildman–Crippen LogP) is 3.33. The number of aliphatic imine (C=N–C) groups is 1. The molecule has 0 bridgehead atoms. The number of amidine groups is 1. The maximum atomic E-state index is 4.57. The van der Waals surface area contributed by atoms with E-state index in [9.17, 15) is 0 Å². The van der Waals surface area contributed by atoms with E-state index in [1.165, 1.54) is 0 Å². The molecule has 1 aromatic carbocycles. The highest BCUT2D eigenvalue weighted by Crippen LogP contribution is 2.16. The van der Waals surface area contributed by atoms with Crippen LogP contribution in [0.4, 0.5) is 5.69 Å². The molecule has 1 rings (SSSR count). The van der Waals surface area contributed by atoms with E-state index < -0.39 is 0 Å². The highest BCUT2D eigenvalue weighted by Gasteiger charge is 2.12. The van der Waals surface area contributed by atoms with Crippen molar-refractivity contribution in [3.8, 4) is 0 Å². The Kier molecular flexibility index (Phi) is 3.82. The summed E-state index contributed by atoms with van der Waals surface area (Å²) in [6.07, 6.45) is 0. The molecular weight excluding hydrogens is 198 g/mol. The number of hydrogen-bond acceptors (Lipinski definition) is 2. The van der Waals surface area contributed by atoms with E-state index in [1.807, 2.05) is 37.3 Å². The van der Waals surface area contributed by atoms with Crippen LogP contribution in [0, 0.1) is 0 Å². The van der Waals surface area contributed by atoms with Crippen molar-refractivity contribution in [1.82, 2.24) is 0 Å². The minimum absolute atomic E-state index is 0.109. The molecule has 0 aliphatic heterocycles. The minimum atomic E-state index is -0.109. The fourth-order valence-corrected chi connectivity index (χ4v) is 1.47. The van der Waals surface area contributed by atoms with Crippen LogP contribution in [0.5, 0.6) is 0 Å². The lowest BCUT2D eigenvalue weighted by Gasteiger charge is -2.21. The van der Waals surface area contributed by atoms with E-state index in [1.54, 1.807) is 5.01 Å². The Morgan fingerprint density at radius 3 is 2.19 bits per heavy atom. The van der Waals surface area contributed by atoms with Gasteiger partial charge in [-0.2, -0.15) is 5.10 Å². The number of rotatable bonds is 2. The molecule has 0 aliphatic rings. The molecule has 0 radical (unpaired) electrons. The van der Waals surface area contributed by atoms with Crippen molar-refractivity contribution in [3.05, 3.63) is 30.3 Å². The molecule has 0 atom stereocenters. The molecule has 3 heteroatoms. The number of para-hydroxylation sites is 1. The van der Waals surface area contributed by atoms with Crippen molar-refractivity contribution < 1.29 is 0 Å². The second-order valence-electron chi connectivity index (χ2n) is 4.62. The SMILES string of the molecule is C=NN(C(C)=NC(C)(C)C)c1ccccc1. The van der Waals surface area contributed by atoms with E-state index >= 15 is 0 Å². The van der Waals surface area contributed by atoms with Gasteiger partial charge in [0.05, 0.1) is 11.2 Å². The molecule has 0 unspecified atom stereocenters. The quantitative estimate of drug-likeness (QED) is 0.424. The number of hydrazone groups is 1. The summed E-state index contributed by atoms with van der Waals surface area (Å²) < 4.78 is 0. The van der Waals surface area contributed by atoms with Crippen molar-refractivity contribution in [1.29, 1.82) is 0 Å². The molecule has 0 aromatic heterocycles. The zero-order chi connectivity index (χ0) is 12.2. The molecule has 0 saturated heterocycles. The van der Waals surface area contributed by atoms with E-state index in [2.05, 4.69) is 37.6 Å². The van der Waals surface area contributed by atoms with Gasteiger partial charge in [0, 0.05) is 6.72 Å². The Hall–Kier alpha value is -1.64. The fraction of sp³-hybridized carbons (Fsp3) is 0.385. The van der Waals surface area contributed by atoms with Gasteiger partial charge in [0.25, 0.3) is 0 Å². The topological polar surface area (TPSA) is 28.0 Å². The predicted molar refractivity (Wildman–Crippen MR) is 71.3 cm³/mol. The summed E-state index contributed by atoms with van der Waals surface area (Å²) in [4.78, 5) is 4.57. The van der Waals surface area contributed by atoms with Gasteiger partial charge in [0.1, 0.15) is 5.84 Å². The van der Waals surface area contributed by atoms with Crippen LogP contribution in [0.3, 0.4) is 0 Å². The standard InChI is InChI=1S/C13H19N3/c1-11(15-13(2,3)4)16(14-5)12-9-7-6-8-10-12/h6-10H,5H2,1-4H3. The van der Waals surface area contributed by atoms with Gasteiger partial charge in [-0.25, -0.2) is 5.01 Å². The van der Waals surface area contributed by atoms with Gasteiger partial charge in [-0.05, 0) is 39.8 Å². The summed E-state index contributed by atoms with van der Waals surface area (Å²) in [5.74, 6) is 0.841. The molecule has 1 aromatic rings. The lowest BCUT2D eigenvalue weighted by molar-refractivity contribution is 0.581. The average Bonchev–Trinajstić information content (AvgIpc) is 2.17. The van der Waals surface area contributed by atoms with Crippen molar-refractivity contribution in [3.63, 3.8) is 0 Å². The molecular formula is C13H19N3. The number of anilines is 1. The summed E-state index contributed by atoms with van der Waals surface area (Å²) >= 11 is 0. The largest absolute Gasteiger partial charge is 0.265 e. The van der Waals surface area contributed by atoms with Crippen molar-refractivity contribution in [2.45, 2.75) is 33.2 Å². The lowest BCUT2D eigenvalue weighted by atomic mass is 10.1. The average molecular weight is 217 g/mol. The van der Waals surface area contributed by atoms with Crippen LogP contribution in [-0.2, 0) is 0 Å². The Morgan fingerprint density at radius 2 is 1.75 bits per heavy atom. The highest BCUT2D eigenvalue weighted by molar-refractivity contribution is 5.96. The van der Waals surface area contributed by atoms with Gasteiger partial charge in [0.2, 0.25) is 0 Å². The first-order valence-electron chi connectivity index (χ1n) is 5.32. The highest BCUT2D eigenvalue weighted by atomic mass is 15.5. The third-order valence-electron chi connectivity index (χ3n) is 1.95. The van der Waals surface area contributed by atoms with Gasteiger partial charge in [-0.1, -0.05) is 18.2 Å². The lowest BCUT2D eigenvalue weighted by Crippen LogP contribution is -2.26. The molecule has 0 saturated carbocycles. The number of benzene rings is 1. The Bertz CT molecular complexity index is 374. The first-order valence-corrected chi connectivity index (χ1v) is 5.32. The molecule has 0 fully saturated rings.